The van der Waals surface area contributed by atoms with Gasteiger partial charge in [0, 0.05) is 34.2 Å². The van der Waals surface area contributed by atoms with Crippen LogP contribution in [0.15, 0.2) is 58.4 Å². The molecule has 2 heterocycles. The SMILES string of the molecule is O=C(CSc1nnc(-c2cccnc2)n1C1CCCCC1)Nc1ccc(Br)cc1. The topological polar surface area (TPSA) is 72.7 Å². The summed E-state index contributed by atoms with van der Waals surface area (Å²) >= 11 is 4.84. The van der Waals surface area contributed by atoms with Crippen LogP contribution in [0.3, 0.4) is 0 Å². The lowest BCUT2D eigenvalue weighted by atomic mass is 9.95. The van der Waals surface area contributed by atoms with Gasteiger partial charge in [0.2, 0.25) is 5.91 Å². The first-order valence-corrected chi connectivity index (χ1v) is 11.5. The maximum atomic E-state index is 12.4. The highest BCUT2D eigenvalue weighted by molar-refractivity contribution is 9.10. The number of carbonyl (C=O) groups is 1. The van der Waals surface area contributed by atoms with Gasteiger partial charge in [-0.15, -0.1) is 10.2 Å². The summed E-state index contributed by atoms with van der Waals surface area (Å²) in [6.07, 6.45) is 9.50. The molecule has 1 fully saturated rings. The molecule has 150 valence electrons. The molecule has 1 amide bonds. The number of benzene rings is 1. The molecule has 8 heteroatoms. The molecular weight excluding hydrogens is 450 g/mol. The number of nitrogens with one attached hydrogen (secondary N) is 1. The van der Waals surface area contributed by atoms with Crippen LogP contribution in [0.4, 0.5) is 5.69 Å². The molecule has 0 aliphatic heterocycles. The normalized spacial score (nSPS) is 14.7. The van der Waals surface area contributed by atoms with Crippen LogP contribution in [0, 0.1) is 0 Å². The number of carbonyl (C=O) groups excluding carboxylic acids is 1. The van der Waals surface area contributed by atoms with Gasteiger partial charge in [-0.05, 0) is 49.2 Å². The van der Waals surface area contributed by atoms with Crippen molar-refractivity contribution >= 4 is 39.3 Å². The van der Waals surface area contributed by atoms with Crippen LogP contribution in [0.2, 0.25) is 0 Å². The first-order valence-electron chi connectivity index (χ1n) is 9.74. The highest BCUT2D eigenvalue weighted by Gasteiger charge is 2.24. The van der Waals surface area contributed by atoms with Gasteiger partial charge in [-0.1, -0.05) is 47.0 Å². The van der Waals surface area contributed by atoms with E-state index in [1.165, 1.54) is 31.0 Å². The van der Waals surface area contributed by atoms with Crippen molar-refractivity contribution < 1.29 is 4.79 Å². The fraction of sp³-hybridized carbons (Fsp3) is 0.333. The van der Waals surface area contributed by atoms with Gasteiger partial charge < -0.3 is 5.32 Å². The number of pyridine rings is 1. The van der Waals surface area contributed by atoms with Gasteiger partial charge in [-0.2, -0.15) is 0 Å². The van der Waals surface area contributed by atoms with E-state index in [1.54, 1.807) is 6.20 Å². The van der Waals surface area contributed by atoms with Crippen LogP contribution in [0.5, 0.6) is 0 Å². The van der Waals surface area contributed by atoms with Crippen LogP contribution in [-0.4, -0.2) is 31.4 Å². The van der Waals surface area contributed by atoms with Crippen molar-refractivity contribution in [2.75, 3.05) is 11.1 Å². The fourth-order valence-corrected chi connectivity index (χ4v) is 4.67. The molecule has 4 rings (SSSR count). The molecular formula is C21H22BrN5OS. The number of anilines is 1. The molecule has 0 atom stereocenters. The minimum Gasteiger partial charge on any atom is -0.325 e. The van der Waals surface area contributed by atoms with Crippen molar-refractivity contribution in [1.29, 1.82) is 0 Å². The Morgan fingerprint density at radius 1 is 1.14 bits per heavy atom. The predicted octanol–water partition coefficient (Wildman–Crippen LogP) is 5.34. The molecule has 1 aromatic carbocycles. The lowest BCUT2D eigenvalue weighted by Gasteiger charge is -2.25. The average Bonchev–Trinajstić information content (AvgIpc) is 3.19. The van der Waals surface area contributed by atoms with Crippen LogP contribution in [0.25, 0.3) is 11.4 Å². The number of rotatable bonds is 6. The number of amides is 1. The molecule has 1 N–H and O–H groups in total. The smallest absolute Gasteiger partial charge is 0.234 e. The molecule has 1 saturated carbocycles. The van der Waals surface area contributed by atoms with E-state index in [0.29, 0.717) is 6.04 Å². The maximum absolute atomic E-state index is 12.4. The maximum Gasteiger partial charge on any atom is 0.234 e. The molecule has 6 nitrogen and oxygen atoms in total. The first-order chi connectivity index (χ1) is 14.2. The van der Waals surface area contributed by atoms with Gasteiger partial charge >= 0.3 is 0 Å². The highest BCUT2D eigenvalue weighted by Crippen LogP contribution is 2.35. The Morgan fingerprint density at radius 3 is 2.66 bits per heavy atom. The largest absolute Gasteiger partial charge is 0.325 e. The monoisotopic (exact) mass is 471 g/mol. The summed E-state index contributed by atoms with van der Waals surface area (Å²) in [5.74, 6) is 1.06. The van der Waals surface area contributed by atoms with Crippen LogP contribution < -0.4 is 5.32 Å². The van der Waals surface area contributed by atoms with Gasteiger partial charge in [0.1, 0.15) is 0 Å². The molecule has 0 saturated heterocycles. The first kappa shape index (κ1) is 20.1. The molecule has 29 heavy (non-hydrogen) atoms. The van der Waals surface area contributed by atoms with E-state index in [9.17, 15) is 4.79 Å². The zero-order valence-corrected chi connectivity index (χ0v) is 18.3. The zero-order valence-electron chi connectivity index (χ0n) is 15.9. The highest BCUT2D eigenvalue weighted by atomic mass is 79.9. The Morgan fingerprint density at radius 2 is 1.93 bits per heavy atom. The number of nitrogens with zero attached hydrogens (tertiary/aromatic N) is 4. The molecule has 1 aliphatic rings. The van der Waals surface area contributed by atoms with E-state index >= 15 is 0 Å². The number of hydrogen-bond acceptors (Lipinski definition) is 5. The summed E-state index contributed by atoms with van der Waals surface area (Å²) in [5.41, 5.74) is 1.74. The summed E-state index contributed by atoms with van der Waals surface area (Å²) < 4.78 is 3.20. The third-order valence-electron chi connectivity index (χ3n) is 4.98. The van der Waals surface area contributed by atoms with E-state index in [-0.39, 0.29) is 11.7 Å². The van der Waals surface area contributed by atoms with Gasteiger partial charge in [-0.3, -0.25) is 14.3 Å². The summed E-state index contributed by atoms with van der Waals surface area (Å²) in [6.45, 7) is 0. The standard InChI is InChI=1S/C21H22BrN5OS/c22-16-8-10-17(11-9-16)24-19(28)14-29-21-26-25-20(15-5-4-12-23-13-15)27(21)18-6-2-1-3-7-18/h4-5,8-13,18H,1-3,6-7,14H2,(H,24,28). The summed E-state index contributed by atoms with van der Waals surface area (Å²) in [6, 6.07) is 11.8. The van der Waals surface area contributed by atoms with Crippen molar-refractivity contribution in [3.05, 3.63) is 53.3 Å². The molecule has 2 aromatic heterocycles. The minimum atomic E-state index is -0.0570. The lowest BCUT2D eigenvalue weighted by Crippen LogP contribution is -2.17. The number of hydrogen-bond donors (Lipinski definition) is 1. The Labute approximate surface area is 182 Å². The third-order valence-corrected chi connectivity index (χ3v) is 6.46. The van der Waals surface area contributed by atoms with E-state index in [2.05, 4.69) is 41.0 Å². The predicted molar refractivity (Wildman–Crippen MR) is 119 cm³/mol. The number of thioether (sulfide) groups is 1. The van der Waals surface area contributed by atoms with E-state index in [1.807, 2.05) is 42.6 Å². The van der Waals surface area contributed by atoms with Crippen molar-refractivity contribution in [3.63, 3.8) is 0 Å². The molecule has 0 bridgehead atoms. The molecule has 1 aliphatic carbocycles. The third kappa shape index (κ3) is 5.05. The van der Waals surface area contributed by atoms with Gasteiger partial charge in [0.15, 0.2) is 11.0 Å². The Hall–Kier alpha value is -2.19. The Balaban J connectivity index is 1.51. The minimum absolute atomic E-state index is 0.0570. The van der Waals surface area contributed by atoms with Crippen LogP contribution in [-0.2, 0) is 4.79 Å². The van der Waals surface area contributed by atoms with Gasteiger partial charge in [0.25, 0.3) is 0 Å². The van der Waals surface area contributed by atoms with Crippen molar-refractivity contribution in [2.24, 2.45) is 0 Å². The molecule has 0 spiro atoms. The van der Waals surface area contributed by atoms with Gasteiger partial charge in [0.05, 0.1) is 5.75 Å². The summed E-state index contributed by atoms with van der Waals surface area (Å²) in [7, 11) is 0. The van der Waals surface area contributed by atoms with Gasteiger partial charge in [-0.25, -0.2) is 0 Å². The Kier molecular flexibility index (Phi) is 6.61. The second-order valence-corrected chi connectivity index (χ2v) is 8.91. The quantitative estimate of drug-likeness (QED) is 0.491. The second kappa shape index (κ2) is 9.54. The summed E-state index contributed by atoms with van der Waals surface area (Å²) in [5, 5.41) is 12.6. The lowest BCUT2D eigenvalue weighted by molar-refractivity contribution is -0.113. The second-order valence-electron chi connectivity index (χ2n) is 7.05. The van der Waals surface area contributed by atoms with E-state index < -0.39 is 0 Å². The summed E-state index contributed by atoms with van der Waals surface area (Å²) in [4.78, 5) is 16.7. The van der Waals surface area contributed by atoms with Crippen LogP contribution in [0.1, 0.15) is 38.1 Å². The fourth-order valence-electron chi connectivity index (χ4n) is 3.60. The number of aromatic nitrogens is 4. The zero-order chi connectivity index (χ0) is 20.1. The van der Waals surface area contributed by atoms with Crippen molar-refractivity contribution in [2.45, 2.75) is 43.3 Å². The van der Waals surface area contributed by atoms with Crippen molar-refractivity contribution in [1.82, 2.24) is 19.7 Å². The molecule has 3 aromatic rings. The molecule has 0 radical (unpaired) electrons. The van der Waals surface area contributed by atoms with E-state index in [4.69, 9.17) is 0 Å². The molecule has 0 unspecified atom stereocenters. The van der Waals surface area contributed by atoms with E-state index in [0.717, 1.165) is 39.5 Å². The Bertz CT molecular complexity index is 955. The number of halogens is 1. The van der Waals surface area contributed by atoms with Crippen molar-refractivity contribution in [3.8, 4) is 11.4 Å². The van der Waals surface area contributed by atoms with Crippen LogP contribution >= 0.6 is 27.7 Å². The average molecular weight is 472 g/mol.